The summed E-state index contributed by atoms with van der Waals surface area (Å²) in [6.07, 6.45) is 5.58. The highest BCUT2D eigenvalue weighted by Crippen LogP contribution is 2.28. The average molecular weight is 575 g/mol. The van der Waals surface area contributed by atoms with Crippen LogP contribution in [0.1, 0.15) is 70.8 Å². The molecule has 0 unspecified atom stereocenters. The van der Waals surface area contributed by atoms with Crippen LogP contribution >= 0.6 is 12.6 Å². The topological polar surface area (TPSA) is 143 Å². The predicted molar refractivity (Wildman–Crippen MR) is 153 cm³/mol. The van der Waals surface area contributed by atoms with Crippen LogP contribution in [0.5, 0.6) is 0 Å². The molecule has 0 aromatic heterocycles. The number of amides is 4. The van der Waals surface area contributed by atoms with Crippen LogP contribution in [-0.2, 0) is 30.5 Å². The van der Waals surface area contributed by atoms with Crippen LogP contribution in [-0.4, -0.2) is 53.6 Å². The molecule has 1 aliphatic heterocycles. The standard InChI is InChI=1S/C29H42N4O6S/c1-18(2)24(33-29(38)39-17-20-11-7-4-8-12-20)27(36)31-22(15-19-9-5-3-6-10-19)26(35)32-23(28(37)40)16-21-13-14-30-25(21)34/h4,7-8,11-12,18-19,21-24H,3,5-6,9-10,13-17H2,1-2H3,(H,30,34)(H,31,36)(H,32,35)(H,33,38)(H,37,40)/t21-,22-,23-,24-/m0/s1. The summed E-state index contributed by atoms with van der Waals surface area (Å²) in [7, 11) is 0. The molecule has 1 aromatic rings. The van der Waals surface area contributed by atoms with Gasteiger partial charge in [-0.15, -0.1) is 12.6 Å². The smallest absolute Gasteiger partial charge is 0.408 e. The maximum Gasteiger partial charge on any atom is 0.408 e. The number of carbonyl (C=O) groups is 5. The van der Waals surface area contributed by atoms with Crippen LogP contribution in [0.3, 0.4) is 0 Å². The number of alkyl carbamates (subject to hydrolysis) is 1. The van der Waals surface area contributed by atoms with E-state index in [1.165, 1.54) is 0 Å². The normalized spacial score (nSPS) is 19.7. The van der Waals surface area contributed by atoms with E-state index in [1.54, 1.807) is 13.8 Å². The highest BCUT2D eigenvalue weighted by Gasteiger charge is 2.34. The molecule has 4 N–H and O–H groups in total. The minimum atomic E-state index is -0.956. The van der Waals surface area contributed by atoms with Crippen LogP contribution in [0.15, 0.2) is 30.3 Å². The van der Waals surface area contributed by atoms with Crippen molar-refractivity contribution in [2.24, 2.45) is 17.8 Å². The van der Waals surface area contributed by atoms with E-state index < -0.39 is 41.1 Å². The van der Waals surface area contributed by atoms with Crippen molar-refractivity contribution in [2.75, 3.05) is 6.54 Å². The van der Waals surface area contributed by atoms with E-state index >= 15 is 0 Å². The lowest BCUT2D eigenvalue weighted by molar-refractivity contribution is -0.132. The summed E-state index contributed by atoms with van der Waals surface area (Å²) < 4.78 is 5.30. The van der Waals surface area contributed by atoms with Gasteiger partial charge < -0.3 is 26.0 Å². The Hall–Kier alpha value is -3.08. The number of rotatable bonds is 13. The summed E-state index contributed by atoms with van der Waals surface area (Å²) in [6, 6.07) is 6.40. The monoisotopic (exact) mass is 574 g/mol. The zero-order chi connectivity index (χ0) is 29.1. The zero-order valence-electron chi connectivity index (χ0n) is 23.3. The fourth-order valence-corrected chi connectivity index (χ4v) is 5.49. The van der Waals surface area contributed by atoms with E-state index in [-0.39, 0.29) is 36.7 Å². The van der Waals surface area contributed by atoms with Crippen molar-refractivity contribution in [3.63, 3.8) is 0 Å². The van der Waals surface area contributed by atoms with Gasteiger partial charge in [0.15, 0.2) is 0 Å². The van der Waals surface area contributed by atoms with E-state index in [9.17, 15) is 24.0 Å². The first kappa shape index (κ1) is 31.4. The predicted octanol–water partition coefficient (Wildman–Crippen LogP) is 2.86. The molecule has 0 radical (unpaired) electrons. The summed E-state index contributed by atoms with van der Waals surface area (Å²) in [4.78, 5) is 63.7. The average Bonchev–Trinajstić information content (AvgIpc) is 3.34. The van der Waals surface area contributed by atoms with E-state index in [1.807, 2.05) is 30.3 Å². The number of thiol groups is 1. The number of carbonyl (C=O) groups excluding carboxylic acids is 5. The Kier molecular flexibility index (Phi) is 12.3. The highest BCUT2D eigenvalue weighted by molar-refractivity contribution is 7.96. The molecule has 0 bridgehead atoms. The zero-order valence-corrected chi connectivity index (χ0v) is 24.2. The Labute approximate surface area is 241 Å². The van der Waals surface area contributed by atoms with Crippen LogP contribution in [0, 0.1) is 17.8 Å². The Balaban J connectivity index is 1.67. The van der Waals surface area contributed by atoms with Gasteiger partial charge in [0.2, 0.25) is 22.8 Å². The summed E-state index contributed by atoms with van der Waals surface area (Å²) in [5.74, 6) is -1.58. The molecule has 10 nitrogen and oxygen atoms in total. The van der Waals surface area contributed by atoms with Gasteiger partial charge in [0.05, 0.1) is 6.04 Å². The van der Waals surface area contributed by atoms with Crippen LogP contribution in [0.2, 0.25) is 0 Å². The van der Waals surface area contributed by atoms with Crippen molar-refractivity contribution in [1.82, 2.24) is 21.3 Å². The molecule has 1 aliphatic carbocycles. The third kappa shape index (κ3) is 9.83. The number of benzene rings is 1. The molecule has 11 heteroatoms. The van der Waals surface area contributed by atoms with E-state index in [4.69, 9.17) is 4.74 Å². The molecule has 1 saturated carbocycles. The van der Waals surface area contributed by atoms with Crippen molar-refractivity contribution in [1.29, 1.82) is 0 Å². The molecule has 220 valence electrons. The Morgan fingerprint density at radius 1 is 0.925 bits per heavy atom. The van der Waals surface area contributed by atoms with E-state index in [0.717, 1.165) is 37.7 Å². The molecule has 40 heavy (non-hydrogen) atoms. The second-order valence-corrected chi connectivity index (χ2v) is 11.6. The summed E-state index contributed by atoms with van der Waals surface area (Å²) in [5.41, 5.74) is 0.816. The lowest BCUT2D eigenvalue weighted by atomic mass is 9.84. The van der Waals surface area contributed by atoms with Crippen molar-refractivity contribution in [2.45, 2.75) is 89.9 Å². The molecule has 0 spiro atoms. The first-order valence-corrected chi connectivity index (χ1v) is 14.7. The van der Waals surface area contributed by atoms with Gasteiger partial charge in [-0.3, -0.25) is 19.2 Å². The molecule has 1 saturated heterocycles. The quantitative estimate of drug-likeness (QED) is 0.229. The molecule has 1 aromatic carbocycles. The fourth-order valence-electron chi connectivity index (χ4n) is 5.32. The van der Waals surface area contributed by atoms with Gasteiger partial charge in [-0.1, -0.05) is 76.3 Å². The number of nitrogens with one attached hydrogen (secondary N) is 4. The SMILES string of the molecule is CC(C)[C@H](NC(=O)OCc1ccccc1)C(=O)N[C@@H](CC1CCCCC1)C(=O)N[C@@H](C[C@@H]1CCNC1=O)C(=O)S. The van der Waals surface area contributed by atoms with E-state index in [2.05, 4.69) is 33.9 Å². The summed E-state index contributed by atoms with van der Waals surface area (Å²) in [5, 5.41) is 10.4. The Morgan fingerprint density at radius 3 is 2.20 bits per heavy atom. The Bertz CT molecular complexity index is 1030. The highest BCUT2D eigenvalue weighted by atomic mass is 32.1. The Morgan fingerprint density at radius 2 is 1.60 bits per heavy atom. The largest absolute Gasteiger partial charge is 0.445 e. The molecular weight excluding hydrogens is 532 g/mol. The maximum absolute atomic E-state index is 13.5. The van der Waals surface area contributed by atoms with Crippen LogP contribution in [0.25, 0.3) is 0 Å². The minimum absolute atomic E-state index is 0.0595. The van der Waals surface area contributed by atoms with Crippen LogP contribution in [0.4, 0.5) is 4.79 Å². The van der Waals surface area contributed by atoms with Gasteiger partial charge in [0.25, 0.3) is 0 Å². The lowest BCUT2D eigenvalue weighted by Crippen LogP contribution is -2.57. The van der Waals surface area contributed by atoms with Gasteiger partial charge in [-0.25, -0.2) is 4.79 Å². The lowest BCUT2D eigenvalue weighted by Gasteiger charge is -2.30. The van der Waals surface area contributed by atoms with Crippen molar-refractivity contribution >= 4 is 41.6 Å². The third-order valence-electron chi connectivity index (χ3n) is 7.66. The molecule has 3 rings (SSSR count). The number of hydrogen-bond donors (Lipinski definition) is 5. The van der Waals surface area contributed by atoms with Crippen LogP contribution < -0.4 is 21.3 Å². The summed E-state index contributed by atoms with van der Waals surface area (Å²) >= 11 is 3.95. The van der Waals surface area contributed by atoms with Crippen molar-refractivity contribution in [3.05, 3.63) is 35.9 Å². The van der Waals surface area contributed by atoms with Gasteiger partial charge in [0, 0.05) is 12.5 Å². The molecule has 1 heterocycles. The minimum Gasteiger partial charge on any atom is -0.445 e. The first-order valence-electron chi connectivity index (χ1n) is 14.2. The fraction of sp³-hybridized carbons (Fsp3) is 0.621. The van der Waals surface area contributed by atoms with Gasteiger partial charge >= 0.3 is 6.09 Å². The molecule has 2 aliphatic rings. The maximum atomic E-state index is 13.5. The van der Waals surface area contributed by atoms with E-state index in [0.29, 0.717) is 19.4 Å². The molecule has 4 amide bonds. The van der Waals surface area contributed by atoms with Gasteiger partial charge in [0.1, 0.15) is 18.7 Å². The number of ether oxygens (including phenoxy) is 1. The van der Waals surface area contributed by atoms with Crippen molar-refractivity contribution < 1.29 is 28.7 Å². The third-order valence-corrected chi connectivity index (χ3v) is 7.97. The molecular formula is C29H42N4O6S. The van der Waals surface area contributed by atoms with Gasteiger partial charge in [-0.05, 0) is 36.7 Å². The molecule has 4 atom stereocenters. The molecule has 2 fully saturated rings. The second kappa shape index (κ2) is 15.6. The second-order valence-electron chi connectivity index (χ2n) is 11.1. The van der Waals surface area contributed by atoms with Crippen molar-refractivity contribution in [3.8, 4) is 0 Å². The summed E-state index contributed by atoms with van der Waals surface area (Å²) in [6.45, 7) is 4.17. The number of hydrogen-bond acceptors (Lipinski definition) is 6. The first-order chi connectivity index (χ1) is 19.1. The van der Waals surface area contributed by atoms with Gasteiger partial charge in [-0.2, -0.15) is 0 Å².